The smallest absolute Gasteiger partial charge is 0.339 e. The molecule has 0 radical (unpaired) electrons. The summed E-state index contributed by atoms with van der Waals surface area (Å²) >= 11 is 3.42. The summed E-state index contributed by atoms with van der Waals surface area (Å²) in [6, 6.07) is 10.6. The topological polar surface area (TPSA) is 72.0 Å². The third kappa shape index (κ3) is 5.77. The molecule has 2 amide bonds. The molecule has 2 rings (SSSR count). The highest BCUT2D eigenvalue weighted by atomic mass is 79.9. The number of carbonyl (C=O) groups is 1. The number of rotatable bonds is 7. The van der Waals surface area contributed by atoms with E-state index in [2.05, 4.69) is 31.8 Å². The predicted octanol–water partition coefficient (Wildman–Crippen LogP) is 4.71. The molecular weight excluding hydrogens is 398 g/mol. The maximum absolute atomic E-state index is 11.9. The van der Waals surface area contributed by atoms with Crippen LogP contribution in [0.4, 0.5) is 10.5 Å². The molecule has 0 fully saturated rings. The van der Waals surface area contributed by atoms with Crippen molar-refractivity contribution >= 4 is 33.9 Å². The zero-order valence-corrected chi connectivity index (χ0v) is 16.6. The summed E-state index contributed by atoms with van der Waals surface area (Å²) in [5.41, 5.74) is 4.91. The van der Waals surface area contributed by atoms with E-state index in [4.69, 9.17) is 9.47 Å². The van der Waals surface area contributed by atoms with Gasteiger partial charge in [0.1, 0.15) is 11.5 Å². The molecule has 7 heteroatoms. The molecule has 2 N–H and O–H groups in total. The predicted molar refractivity (Wildman–Crippen MR) is 107 cm³/mol. The molecule has 6 nitrogen and oxygen atoms in total. The lowest BCUT2D eigenvalue weighted by molar-refractivity contribution is 0.252. The van der Waals surface area contributed by atoms with Crippen LogP contribution in [0.5, 0.6) is 11.5 Å². The van der Waals surface area contributed by atoms with E-state index in [1.54, 1.807) is 12.1 Å². The number of hydrogen-bond donors (Lipinski definition) is 2. The Morgan fingerprint density at radius 2 is 1.92 bits per heavy atom. The van der Waals surface area contributed by atoms with Crippen LogP contribution in [0.2, 0.25) is 0 Å². The number of nitrogens with zero attached hydrogens (tertiary/aromatic N) is 1. The monoisotopic (exact) mass is 419 g/mol. The van der Waals surface area contributed by atoms with Gasteiger partial charge in [0.2, 0.25) is 0 Å². The summed E-state index contributed by atoms with van der Waals surface area (Å²) in [6.07, 6.45) is 1.53. The van der Waals surface area contributed by atoms with Gasteiger partial charge in [-0.25, -0.2) is 10.2 Å². The third-order valence-corrected chi connectivity index (χ3v) is 4.27. The van der Waals surface area contributed by atoms with Crippen molar-refractivity contribution < 1.29 is 14.3 Å². The molecular formula is C19H22BrN3O3. The lowest BCUT2D eigenvalue weighted by atomic mass is 10.2. The van der Waals surface area contributed by atoms with E-state index in [0.717, 1.165) is 21.3 Å². The van der Waals surface area contributed by atoms with Crippen molar-refractivity contribution in [2.45, 2.75) is 20.8 Å². The summed E-state index contributed by atoms with van der Waals surface area (Å²) in [7, 11) is 0. The fourth-order valence-electron chi connectivity index (χ4n) is 2.20. The Morgan fingerprint density at radius 1 is 1.15 bits per heavy atom. The van der Waals surface area contributed by atoms with Crippen LogP contribution < -0.4 is 20.2 Å². The average molecular weight is 420 g/mol. The molecule has 2 aromatic carbocycles. The maximum atomic E-state index is 11.9. The third-order valence-electron chi connectivity index (χ3n) is 3.38. The Hall–Kier alpha value is -2.54. The van der Waals surface area contributed by atoms with Crippen LogP contribution in [0, 0.1) is 6.92 Å². The van der Waals surface area contributed by atoms with E-state index in [1.165, 1.54) is 6.21 Å². The number of urea groups is 1. The van der Waals surface area contributed by atoms with Crippen LogP contribution in [0.15, 0.2) is 46.0 Å². The number of amides is 2. The zero-order valence-electron chi connectivity index (χ0n) is 15.0. The van der Waals surface area contributed by atoms with E-state index >= 15 is 0 Å². The Balaban J connectivity index is 2.00. The van der Waals surface area contributed by atoms with Crippen molar-refractivity contribution in [2.24, 2.45) is 5.10 Å². The first kappa shape index (κ1) is 19.8. The van der Waals surface area contributed by atoms with E-state index < -0.39 is 6.03 Å². The second-order valence-corrected chi connectivity index (χ2v) is 6.21. The van der Waals surface area contributed by atoms with Crippen LogP contribution in [-0.2, 0) is 0 Å². The van der Waals surface area contributed by atoms with Crippen molar-refractivity contribution in [1.82, 2.24) is 5.43 Å². The minimum absolute atomic E-state index is 0.424. The standard InChI is InChI=1S/C19H22BrN3O3/c1-4-25-16-8-6-14(18(11-16)26-5-2)12-21-23-19(24)22-15-7-9-17(20)13(3)10-15/h6-12H,4-5H2,1-3H3,(H2,22,23,24)/b21-12+. The number of aryl methyl sites for hydroxylation is 1. The van der Waals surface area contributed by atoms with Gasteiger partial charge < -0.3 is 14.8 Å². The maximum Gasteiger partial charge on any atom is 0.339 e. The second kappa shape index (κ2) is 9.82. The van der Waals surface area contributed by atoms with E-state index in [-0.39, 0.29) is 0 Å². The number of nitrogens with one attached hydrogen (secondary N) is 2. The van der Waals surface area contributed by atoms with Gasteiger partial charge in [-0.1, -0.05) is 15.9 Å². The number of benzene rings is 2. The largest absolute Gasteiger partial charge is 0.494 e. The summed E-state index contributed by atoms with van der Waals surface area (Å²) in [6.45, 7) is 6.88. The number of halogens is 1. The average Bonchev–Trinajstić information content (AvgIpc) is 2.60. The Kier molecular flexibility index (Phi) is 7.47. The van der Waals surface area contributed by atoms with Crippen LogP contribution >= 0.6 is 15.9 Å². The fourth-order valence-corrected chi connectivity index (χ4v) is 2.45. The first-order valence-corrected chi connectivity index (χ1v) is 9.08. The van der Waals surface area contributed by atoms with Crippen LogP contribution in [0.3, 0.4) is 0 Å². The second-order valence-electron chi connectivity index (χ2n) is 5.35. The molecule has 0 unspecified atom stereocenters. The molecule has 138 valence electrons. The number of hydrogen-bond acceptors (Lipinski definition) is 4. The van der Waals surface area contributed by atoms with Gasteiger partial charge in [0.25, 0.3) is 0 Å². The molecule has 0 atom stereocenters. The van der Waals surface area contributed by atoms with E-state index in [0.29, 0.717) is 24.7 Å². The summed E-state index contributed by atoms with van der Waals surface area (Å²) in [4.78, 5) is 11.9. The Bertz CT molecular complexity index is 794. The molecule has 0 aliphatic carbocycles. The molecule has 0 saturated heterocycles. The van der Waals surface area contributed by atoms with Crippen LogP contribution in [0.1, 0.15) is 25.0 Å². The molecule has 0 spiro atoms. The van der Waals surface area contributed by atoms with Crippen molar-refractivity contribution in [3.05, 3.63) is 52.0 Å². The Morgan fingerprint density at radius 3 is 2.62 bits per heavy atom. The van der Waals surface area contributed by atoms with Crippen molar-refractivity contribution in [2.75, 3.05) is 18.5 Å². The fraction of sp³-hybridized carbons (Fsp3) is 0.263. The van der Waals surface area contributed by atoms with Gasteiger partial charge in [0.05, 0.1) is 19.4 Å². The summed E-state index contributed by atoms with van der Waals surface area (Å²) in [5, 5.41) is 6.71. The van der Waals surface area contributed by atoms with E-state index in [1.807, 2.05) is 45.0 Å². The first-order valence-electron chi connectivity index (χ1n) is 8.29. The van der Waals surface area contributed by atoms with Crippen molar-refractivity contribution in [1.29, 1.82) is 0 Å². The van der Waals surface area contributed by atoms with Gasteiger partial charge in [0.15, 0.2) is 0 Å². The minimum Gasteiger partial charge on any atom is -0.494 e. The van der Waals surface area contributed by atoms with E-state index in [9.17, 15) is 4.79 Å². The molecule has 0 aliphatic rings. The lowest BCUT2D eigenvalue weighted by Crippen LogP contribution is -2.24. The van der Waals surface area contributed by atoms with Crippen LogP contribution in [0.25, 0.3) is 0 Å². The molecule has 0 aromatic heterocycles. The first-order chi connectivity index (χ1) is 12.5. The normalized spacial score (nSPS) is 10.6. The lowest BCUT2D eigenvalue weighted by Gasteiger charge is -2.10. The summed E-state index contributed by atoms with van der Waals surface area (Å²) < 4.78 is 12.1. The number of hydrazone groups is 1. The van der Waals surface area contributed by atoms with Gasteiger partial charge in [0, 0.05) is 21.8 Å². The van der Waals surface area contributed by atoms with Gasteiger partial charge in [-0.15, -0.1) is 0 Å². The SMILES string of the molecule is CCOc1ccc(/C=N/NC(=O)Nc2ccc(Br)c(C)c2)c(OCC)c1. The van der Waals surface area contributed by atoms with Gasteiger partial charge in [-0.2, -0.15) is 5.10 Å². The quantitative estimate of drug-likeness (QED) is 0.504. The molecule has 0 heterocycles. The van der Waals surface area contributed by atoms with Crippen molar-refractivity contribution in [3.8, 4) is 11.5 Å². The number of carbonyl (C=O) groups excluding carboxylic acids is 1. The molecule has 26 heavy (non-hydrogen) atoms. The molecule has 0 bridgehead atoms. The highest BCUT2D eigenvalue weighted by Gasteiger charge is 2.05. The molecule has 2 aromatic rings. The number of anilines is 1. The number of ether oxygens (including phenoxy) is 2. The summed E-state index contributed by atoms with van der Waals surface area (Å²) in [5.74, 6) is 1.37. The zero-order chi connectivity index (χ0) is 18.9. The minimum atomic E-state index is -0.424. The van der Waals surface area contributed by atoms with Gasteiger partial charge in [-0.3, -0.25) is 0 Å². The van der Waals surface area contributed by atoms with Gasteiger partial charge >= 0.3 is 6.03 Å². The van der Waals surface area contributed by atoms with Crippen LogP contribution in [-0.4, -0.2) is 25.5 Å². The highest BCUT2D eigenvalue weighted by Crippen LogP contribution is 2.24. The van der Waals surface area contributed by atoms with Gasteiger partial charge in [-0.05, 0) is 56.7 Å². The Labute approximate surface area is 161 Å². The highest BCUT2D eigenvalue weighted by molar-refractivity contribution is 9.10. The molecule has 0 aliphatic heterocycles. The molecule has 0 saturated carbocycles. The van der Waals surface area contributed by atoms with Crippen molar-refractivity contribution in [3.63, 3.8) is 0 Å².